The van der Waals surface area contributed by atoms with Gasteiger partial charge in [0, 0.05) is 25.2 Å². The fourth-order valence-electron chi connectivity index (χ4n) is 1.90. The Bertz CT molecular complexity index is 594. The van der Waals surface area contributed by atoms with Crippen molar-refractivity contribution in [3.63, 3.8) is 0 Å². The summed E-state index contributed by atoms with van der Waals surface area (Å²) in [6.45, 7) is 3.22. The lowest BCUT2D eigenvalue weighted by Crippen LogP contribution is -2.36. The third-order valence-electron chi connectivity index (χ3n) is 3.04. The molecule has 0 fully saturated rings. The molecule has 2 aromatic rings. The molecule has 21 heavy (non-hydrogen) atoms. The second kappa shape index (κ2) is 7.33. The van der Waals surface area contributed by atoms with Crippen molar-refractivity contribution in [2.75, 3.05) is 14.2 Å². The van der Waals surface area contributed by atoms with Crippen molar-refractivity contribution in [3.05, 3.63) is 47.3 Å². The van der Waals surface area contributed by atoms with Gasteiger partial charge in [-0.1, -0.05) is 17.3 Å². The molecule has 0 radical (unpaired) electrons. The van der Waals surface area contributed by atoms with E-state index in [1.165, 1.54) is 5.56 Å². The van der Waals surface area contributed by atoms with Gasteiger partial charge >= 0.3 is 0 Å². The molecule has 6 nitrogen and oxygen atoms in total. The predicted octanol–water partition coefficient (Wildman–Crippen LogP) is 1.86. The predicted molar refractivity (Wildman–Crippen MR) is 81.3 cm³/mol. The lowest BCUT2D eigenvalue weighted by atomic mass is 10.1. The summed E-state index contributed by atoms with van der Waals surface area (Å²) < 4.78 is 10.2. The summed E-state index contributed by atoms with van der Waals surface area (Å²) in [5, 5.41) is 10.2. The maximum Gasteiger partial charge on any atom is 0.191 e. The number of rotatable bonds is 5. The van der Waals surface area contributed by atoms with Crippen molar-refractivity contribution in [1.82, 2.24) is 15.8 Å². The molecule has 1 aromatic carbocycles. The SMILES string of the molecule is CN=C(NCc1ccon1)NCc1ccc(C)cc1OC. The fraction of sp³-hybridized carbons (Fsp3) is 0.333. The van der Waals surface area contributed by atoms with E-state index in [0.717, 1.165) is 17.0 Å². The number of nitrogens with one attached hydrogen (secondary N) is 2. The molecular weight excluding hydrogens is 268 g/mol. The highest BCUT2D eigenvalue weighted by molar-refractivity contribution is 5.79. The van der Waals surface area contributed by atoms with E-state index in [1.807, 2.05) is 25.1 Å². The van der Waals surface area contributed by atoms with Crippen LogP contribution in [0.2, 0.25) is 0 Å². The topological polar surface area (TPSA) is 71.7 Å². The first-order valence-corrected chi connectivity index (χ1v) is 6.70. The molecule has 1 aromatic heterocycles. The van der Waals surface area contributed by atoms with Gasteiger partial charge in [0.2, 0.25) is 0 Å². The summed E-state index contributed by atoms with van der Waals surface area (Å²) in [7, 11) is 3.40. The van der Waals surface area contributed by atoms with Gasteiger partial charge in [0.1, 0.15) is 17.7 Å². The minimum absolute atomic E-state index is 0.557. The van der Waals surface area contributed by atoms with E-state index in [4.69, 9.17) is 9.26 Å². The average molecular weight is 288 g/mol. The lowest BCUT2D eigenvalue weighted by molar-refractivity contribution is 0.408. The number of aromatic nitrogens is 1. The van der Waals surface area contributed by atoms with Crippen LogP contribution in [0.15, 0.2) is 40.0 Å². The third-order valence-corrected chi connectivity index (χ3v) is 3.04. The molecule has 112 valence electrons. The van der Waals surface area contributed by atoms with Crippen LogP contribution in [0.5, 0.6) is 5.75 Å². The molecule has 0 aliphatic carbocycles. The molecule has 2 N–H and O–H groups in total. The van der Waals surface area contributed by atoms with Gasteiger partial charge in [0.05, 0.1) is 13.7 Å². The van der Waals surface area contributed by atoms with Crippen LogP contribution in [0, 0.1) is 6.92 Å². The van der Waals surface area contributed by atoms with E-state index in [0.29, 0.717) is 19.0 Å². The number of methoxy groups -OCH3 is 1. The van der Waals surface area contributed by atoms with Crippen molar-refractivity contribution in [1.29, 1.82) is 0 Å². The second-order valence-electron chi connectivity index (χ2n) is 4.59. The quantitative estimate of drug-likeness (QED) is 0.649. The summed E-state index contributed by atoms with van der Waals surface area (Å²) in [4.78, 5) is 4.17. The maximum absolute atomic E-state index is 5.39. The summed E-state index contributed by atoms with van der Waals surface area (Å²) in [6.07, 6.45) is 1.55. The number of benzene rings is 1. The van der Waals surface area contributed by atoms with Gasteiger partial charge in [-0.05, 0) is 18.6 Å². The second-order valence-corrected chi connectivity index (χ2v) is 4.59. The van der Waals surface area contributed by atoms with Crippen molar-refractivity contribution in [2.45, 2.75) is 20.0 Å². The zero-order valence-electron chi connectivity index (χ0n) is 12.5. The van der Waals surface area contributed by atoms with Gasteiger partial charge < -0.3 is 19.9 Å². The van der Waals surface area contributed by atoms with Gasteiger partial charge in [-0.3, -0.25) is 4.99 Å². The fourth-order valence-corrected chi connectivity index (χ4v) is 1.90. The lowest BCUT2D eigenvalue weighted by Gasteiger charge is -2.13. The minimum Gasteiger partial charge on any atom is -0.496 e. The number of hydrogen-bond acceptors (Lipinski definition) is 4. The maximum atomic E-state index is 5.39. The first-order chi connectivity index (χ1) is 10.2. The van der Waals surface area contributed by atoms with Crippen molar-refractivity contribution >= 4 is 5.96 Å². The van der Waals surface area contributed by atoms with Crippen LogP contribution in [0.1, 0.15) is 16.8 Å². The highest BCUT2D eigenvalue weighted by atomic mass is 16.5. The van der Waals surface area contributed by atoms with Crippen molar-refractivity contribution in [3.8, 4) is 5.75 Å². The zero-order valence-corrected chi connectivity index (χ0v) is 12.5. The Hall–Kier alpha value is -2.50. The van der Waals surface area contributed by atoms with E-state index in [2.05, 4.69) is 26.8 Å². The summed E-state index contributed by atoms with van der Waals surface area (Å²) in [5.41, 5.74) is 3.07. The number of aryl methyl sites for hydroxylation is 1. The van der Waals surface area contributed by atoms with Crippen LogP contribution in [0.25, 0.3) is 0 Å². The molecule has 6 heteroatoms. The number of ether oxygens (including phenoxy) is 1. The van der Waals surface area contributed by atoms with Crippen LogP contribution in [0.4, 0.5) is 0 Å². The Balaban J connectivity index is 1.91. The molecule has 0 unspecified atom stereocenters. The molecule has 0 aliphatic rings. The Labute approximate surface area is 124 Å². The molecule has 0 amide bonds. The number of hydrogen-bond donors (Lipinski definition) is 2. The Morgan fingerprint density at radius 1 is 1.29 bits per heavy atom. The van der Waals surface area contributed by atoms with Crippen LogP contribution in [0.3, 0.4) is 0 Å². The summed E-state index contributed by atoms with van der Waals surface area (Å²) in [5.74, 6) is 1.56. The molecule has 0 saturated carbocycles. The van der Waals surface area contributed by atoms with E-state index in [-0.39, 0.29) is 0 Å². The number of aliphatic imine (C=N–C) groups is 1. The van der Waals surface area contributed by atoms with Gasteiger partial charge in [-0.25, -0.2) is 0 Å². The van der Waals surface area contributed by atoms with Crippen LogP contribution in [-0.2, 0) is 13.1 Å². The molecule has 0 bridgehead atoms. The van der Waals surface area contributed by atoms with Crippen molar-refractivity contribution in [2.24, 2.45) is 4.99 Å². The number of nitrogens with zero attached hydrogens (tertiary/aromatic N) is 2. The van der Waals surface area contributed by atoms with Gasteiger partial charge in [0.15, 0.2) is 5.96 Å². The molecule has 0 saturated heterocycles. The smallest absolute Gasteiger partial charge is 0.191 e. The van der Waals surface area contributed by atoms with Crippen LogP contribution < -0.4 is 15.4 Å². The summed E-state index contributed by atoms with van der Waals surface area (Å²) >= 11 is 0. The monoisotopic (exact) mass is 288 g/mol. The highest BCUT2D eigenvalue weighted by Crippen LogP contribution is 2.19. The molecule has 2 rings (SSSR count). The average Bonchev–Trinajstić information content (AvgIpc) is 3.01. The van der Waals surface area contributed by atoms with E-state index in [1.54, 1.807) is 20.4 Å². The molecular formula is C15H20N4O2. The largest absolute Gasteiger partial charge is 0.496 e. The normalized spacial score (nSPS) is 11.3. The summed E-state index contributed by atoms with van der Waals surface area (Å²) in [6, 6.07) is 7.93. The third kappa shape index (κ3) is 4.24. The standard InChI is InChI=1S/C15H20N4O2/c1-11-4-5-12(14(8-11)20-3)9-17-15(16-2)18-10-13-6-7-21-19-13/h4-8H,9-10H2,1-3H3,(H2,16,17,18). The Morgan fingerprint density at radius 2 is 2.10 bits per heavy atom. The van der Waals surface area contributed by atoms with Crippen LogP contribution >= 0.6 is 0 Å². The molecule has 0 spiro atoms. The van der Waals surface area contributed by atoms with Gasteiger partial charge in [0.25, 0.3) is 0 Å². The molecule has 0 atom stereocenters. The molecule has 0 aliphatic heterocycles. The Morgan fingerprint density at radius 3 is 2.76 bits per heavy atom. The van der Waals surface area contributed by atoms with E-state index < -0.39 is 0 Å². The van der Waals surface area contributed by atoms with Gasteiger partial charge in [-0.15, -0.1) is 0 Å². The zero-order chi connectivity index (χ0) is 15.1. The van der Waals surface area contributed by atoms with Crippen LogP contribution in [-0.4, -0.2) is 25.3 Å². The first-order valence-electron chi connectivity index (χ1n) is 6.70. The molecule has 1 heterocycles. The highest BCUT2D eigenvalue weighted by Gasteiger charge is 2.05. The van der Waals surface area contributed by atoms with Crippen molar-refractivity contribution < 1.29 is 9.26 Å². The minimum atomic E-state index is 0.557. The number of guanidine groups is 1. The van der Waals surface area contributed by atoms with E-state index >= 15 is 0 Å². The van der Waals surface area contributed by atoms with Gasteiger partial charge in [-0.2, -0.15) is 0 Å². The Kier molecular flexibility index (Phi) is 5.20. The van der Waals surface area contributed by atoms with E-state index in [9.17, 15) is 0 Å². The first kappa shape index (κ1) is 14.9.